The second-order valence-electron chi connectivity index (χ2n) is 9.57. The number of rotatable bonds is 24. The first-order chi connectivity index (χ1) is 15.4. The number of nitrogens with zero attached hydrogens (tertiary/aromatic N) is 1. The molecule has 0 aromatic carbocycles. The Labute approximate surface area is 199 Å². The highest BCUT2D eigenvalue weighted by Gasteiger charge is 2.10. The maximum atomic E-state index is 12.0. The third-order valence-corrected chi connectivity index (χ3v) is 7.12. The molecular formula is C26H53NO4S. The summed E-state index contributed by atoms with van der Waals surface area (Å²) in [5.74, 6) is -0.225. The Morgan fingerprint density at radius 2 is 0.969 bits per heavy atom. The van der Waals surface area contributed by atoms with Crippen molar-refractivity contribution in [1.29, 1.82) is 0 Å². The van der Waals surface area contributed by atoms with E-state index >= 15 is 0 Å². The minimum absolute atomic E-state index is 0.0623. The molecule has 192 valence electrons. The molecular weight excluding hydrogens is 422 g/mol. The van der Waals surface area contributed by atoms with Gasteiger partial charge in [-0.05, 0) is 12.8 Å². The molecule has 0 aliphatic rings. The van der Waals surface area contributed by atoms with Gasteiger partial charge in [-0.3, -0.25) is 9.35 Å². The van der Waals surface area contributed by atoms with Crippen molar-refractivity contribution >= 4 is 16.0 Å². The van der Waals surface area contributed by atoms with Gasteiger partial charge in [0.15, 0.2) is 0 Å². The van der Waals surface area contributed by atoms with E-state index in [-0.39, 0.29) is 18.1 Å². The van der Waals surface area contributed by atoms with E-state index in [1.165, 1.54) is 109 Å². The quantitative estimate of drug-likeness (QED) is 0.115. The van der Waals surface area contributed by atoms with E-state index < -0.39 is 10.1 Å². The topological polar surface area (TPSA) is 74.7 Å². The van der Waals surface area contributed by atoms with Gasteiger partial charge in [-0.25, -0.2) is 0 Å². The molecule has 32 heavy (non-hydrogen) atoms. The van der Waals surface area contributed by atoms with E-state index in [0.717, 1.165) is 12.8 Å². The molecule has 0 aromatic rings. The number of hydrogen-bond acceptors (Lipinski definition) is 3. The zero-order valence-electron chi connectivity index (χ0n) is 21.3. The van der Waals surface area contributed by atoms with Gasteiger partial charge in [0.1, 0.15) is 0 Å². The maximum absolute atomic E-state index is 12.0. The Kier molecular flexibility index (Phi) is 21.8. The van der Waals surface area contributed by atoms with E-state index in [2.05, 4.69) is 6.92 Å². The monoisotopic (exact) mass is 475 g/mol. The van der Waals surface area contributed by atoms with Gasteiger partial charge in [-0.2, -0.15) is 8.42 Å². The van der Waals surface area contributed by atoms with Crippen LogP contribution in [0.2, 0.25) is 0 Å². The van der Waals surface area contributed by atoms with Crippen LogP contribution in [0.15, 0.2) is 0 Å². The van der Waals surface area contributed by atoms with Gasteiger partial charge in [0.25, 0.3) is 10.1 Å². The van der Waals surface area contributed by atoms with Crippen molar-refractivity contribution in [3.63, 3.8) is 0 Å². The first-order valence-electron chi connectivity index (χ1n) is 13.6. The highest BCUT2D eigenvalue weighted by molar-refractivity contribution is 7.85. The number of carbonyl (C=O) groups is 1. The second-order valence-corrected chi connectivity index (χ2v) is 11.1. The largest absolute Gasteiger partial charge is 0.346 e. The van der Waals surface area contributed by atoms with Crippen LogP contribution in [0, 0.1) is 0 Å². The molecule has 5 nitrogen and oxygen atoms in total. The summed E-state index contributed by atoms with van der Waals surface area (Å²) in [4.78, 5) is 13.6. The number of carbonyl (C=O) groups excluding carboxylic acids is 1. The summed E-state index contributed by atoms with van der Waals surface area (Å²) >= 11 is 0. The molecule has 0 saturated carbocycles. The molecule has 0 aliphatic heterocycles. The molecule has 0 saturated heterocycles. The minimum Gasteiger partial charge on any atom is -0.346 e. The Balaban J connectivity index is 3.27. The fourth-order valence-electron chi connectivity index (χ4n) is 4.15. The fourth-order valence-corrected chi connectivity index (χ4v) is 4.65. The highest BCUT2D eigenvalue weighted by atomic mass is 32.2. The molecule has 0 atom stereocenters. The van der Waals surface area contributed by atoms with E-state index in [1.54, 1.807) is 11.9 Å². The standard InChI is InChI=1S/C26H53NO4S/c1-3-4-5-6-7-8-9-10-11-12-13-14-15-16-17-18-19-20-21-23-26(28)27(2)24-22-25-32(29,30)31/h3-25H2,1-2H3,(H,29,30,31). The van der Waals surface area contributed by atoms with E-state index in [1.807, 2.05) is 0 Å². The lowest BCUT2D eigenvalue weighted by atomic mass is 10.0. The molecule has 0 rings (SSSR count). The van der Waals surface area contributed by atoms with Crippen molar-refractivity contribution in [3.8, 4) is 0 Å². The Morgan fingerprint density at radius 1 is 0.625 bits per heavy atom. The van der Waals surface area contributed by atoms with Crippen LogP contribution in [0.3, 0.4) is 0 Å². The molecule has 0 radical (unpaired) electrons. The van der Waals surface area contributed by atoms with Crippen molar-refractivity contribution in [2.24, 2.45) is 0 Å². The summed E-state index contributed by atoms with van der Waals surface area (Å²) in [6.45, 7) is 2.65. The molecule has 0 fully saturated rings. The highest BCUT2D eigenvalue weighted by Crippen LogP contribution is 2.15. The first-order valence-corrected chi connectivity index (χ1v) is 15.2. The lowest BCUT2D eigenvalue weighted by Crippen LogP contribution is -2.28. The van der Waals surface area contributed by atoms with Gasteiger partial charge in [0, 0.05) is 20.0 Å². The van der Waals surface area contributed by atoms with Crippen LogP contribution in [0.4, 0.5) is 0 Å². The van der Waals surface area contributed by atoms with Gasteiger partial charge < -0.3 is 4.90 Å². The first kappa shape index (κ1) is 31.4. The van der Waals surface area contributed by atoms with Crippen molar-refractivity contribution in [1.82, 2.24) is 4.90 Å². The molecule has 0 bridgehead atoms. The zero-order chi connectivity index (χ0) is 23.9. The van der Waals surface area contributed by atoms with Gasteiger partial charge >= 0.3 is 0 Å². The SMILES string of the molecule is CCCCCCCCCCCCCCCCCCCCCC(=O)N(C)CCCS(=O)(=O)O. The summed E-state index contributed by atoms with van der Waals surface area (Å²) in [7, 11) is -2.23. The maximum Gasteiger partial charge on any atom is 0.264 e. The van der Waals surface area contributed by atoms with Gasteiger partial charge in [-0.15, -0.1) is 0 Å². The third-order valence-electron chi connectivity index (χ3n) is 6.32. The molecule has 0 aromatic heterocycles. The van der Waals surface area contributed by atoms with Crippen molar-refractivity contribution in [3.05, 3.63) is 0 Å². The van der Waals surface area contributed by atoms with E-state index in [9.17, 15) is 13.2 Å². The molecule has 1 N–H and O–H groups in total. The van der Waals surface area contributed by atoms with Gasteiger partial charge in [0.05, 0.1) is 5.75 Å². The third kappa shape index (κ3) is 24.0. The number of hydrogen-bond donors (Lipinski definition) is 1. The van der Waals surface area contributed by atoms with E-state index in [4.69, 9.17) is 4.55 Å². The van der Waals surface area contributed by atoms with Crippen molar-refractivity contribution in [2.45, 2.75) is 142 Å². The Bertz CT molecular complexity index is 522. The van der Waals surface area contributed by atoms with Crippen LogP contribution in [0.25, 0.3) is 0 Å². The predicted molar refractivity (Wildman–Crippen MR) is 137 cm³/mol. The zero-order valence-corrected chi connectivity index (χ0v) is 22.1. The predicted octanol–water partition coefficient (Wildman–Crippen LogP) is 7.54. The van der Waals surface area contributed by atoms with E-state index in [0.29, 0.717) is 13.0 Å². The average molecular weight is 476 g/mol. The fraction of sp³-hybridized carbons (Fsp3) is 0.962. The van der Waals surface area contributed by atoms with Crippen LogP contribution in [-0.2, 0) is 14.9 Å². The summed E-state index contributed by atoms with van der Waals surface area (Å²) in [6.07, 6.45) is 26.2. The van der Waals surface area contributed by atoms with Crippen LogP contribution in [0.1, 0.15) is 142 Å². The van der Waals surface area contributed by atoms with Crippen molar-refractivity contribution in [2.75, 3.05) is 19.3 Å². The van der Waals surface area contributed by atoms with Crippen molar-refractivity contribution < 1.29 is 17.8 Å². The molecule has 0 heterocycles. The molecule has 6 heteroatoms. The molecule has 1 amide bonds. The van der Waals surface area contributed by atoms with Gasteiger partial charge in [-0.1, -0.05) is 122 Å². The molecule has 0 aliphatic carbocycles. The number of unbranched alkanes of at least 4 members (excludes halogenated alkanes) is 18. The summed E-state index contributed by atoms with van der Waals surface area (Å²) in [5, 5.41) is 0. The van der Waals surface area contributed by atoms with Crippen LogP contribution >= 0.6 is 0 Å². The summed E-state index contributed by atoms with van der Waals surface area (Å²) in [5.41, 5.74) is 0. The van der Waals surface area contributed by atoms with Crippen LogP contribution in [0.5, 0.6) is 0 Å². The van der Waals surface area contributed by atoms with Gasteiger partial charge in [0.2, 0.25) is 5.91 Å². The Morgan fingerprint density at radius 3 is 1.31 bits per heavy atom. The van der Waals surface area contributed by atoms with Crippen LogP contribution in [-0.4, -0.2) is 43.1 Å². The molecule has 0 spiro atoms. The normalized spacial score (nSPS) is 11.7. The van der Waals surface area contributed by atoms with Crippen LogP contribution < -0.4 is 0 Å². The second kappa shape index (κ2) is 22.2. The summed E-state index contributed by atoms with van der Waals surface area (Å²) in [6, 6.07) is 0. The lowest BCUT2D eigenvalue weighted by molar-refractivity contribution is -0.130. The number of amides is 1. The summed E-state index contributed by atoms with van der Waals surface area (Å²) < 4.78 is 30.1. The Hall–Kier alpha value is -0.620. The minimum atomic E-state index is -3.93. The average Bonchev–Trinajstić information content (AvgIpc) is 2.74. The lowest BCUT2D eigenvalue weighted by Gasteiger charge is -2.16. The smallest absolute Gasteiger partial charge is 0.264 e. The molecule has 0 unspecified atom stereocenters.